The molecule has 0 aliphatic heterocycles. The van der Waals surface area contributed by atoms with Crippen molar-refractivity contribution >= 4 is 23.1 Å². The van der Waals surface area contributed by atoms with Crippen molar-refractivity contribution in [1.82, 2.24) is 4.98 Å². The van der Waals surface area contributed by atoms with Gasteiger partial charge < -0.3 is 15.9 Å². The summed E-state index contributed by atoms with van der Waals surface area (Å²) in [5, 5.41) is 8.39. The van der Waals surface area contributed by atoms with E-state index in [1.807, 2.05) is 0 Å². The van der Waals surface area contributed by atoms with Crippen LogP contribution < -0.4 is 10.5 Å². The first-order valence-electron chi connectivity index (χ1n) is 5.22. The van der Waals surface area contributed by atoms with Crippen LogP contribution in [0.3, 0.4) is 0 Å². The van der Waals surface area contributed by atoms with Gasteiger partial charge in [0.25, 0.3) is 0 Å². The highest BCUT2D eigenvalue weighted by atomic mass is 35.5. The van der Waals surface area contributed by atoms with Gasteiger partial charge in [0.15, 0.2) is 0 Å². The number of ether oxygens (including phenoxy) is 1. The Bertz CT molecular complexity index is 429. The van der Waals surface area contributed by atoms with Crippen LogP contribution in [0.2, 0.25) is 5.15 Å². The Morgan fingerprint density at radius 3 is 2.81 bits per heavy atom. The van der Waals surface area contributed by atoms with E-state index in [0.717, 1.165) is 12.8 Å². The van der Waals surface area contributed by atoms with Crippen molar-refractivity contribution in [2.45, 2.75) is 19.3 Å². The van der Waals surface area contributed by atoms with Gasteiger partial charge >= 0.3 is 0 Å². The summed E-state index contributed by atoms with van der Waals surface area (Å²) in [7, 11) is 1.54. The molecule has 3 N–H and O–H groups in total. The molecule has 0 amide bonds. The van der Waals surface area contributed by atoms with Crippen LogP contribution in [0.4, 0.5) is 5.82 Å². The van der Waals surface area contributed by atoms with Gasteiger partial charge in [0.1, 0.15) is 16.7 Å². The molecule has 1 aromatic rings. The van der Waals surface area contributed by atoms with Crippen LogP contribution >= 0.6 is 11.6 Å². The number of aromatic nitrogens is 1. The lowest BCUT2D eigenvalue weighted by Crippen LogP contribution is -2.23. The lowest BCUT2D eigenvalue weighted by atomic mass is 9.79. The van der Waals surface area contributed by atoms with Crippen LogP contribution in [-0.4, -0.2) is 17.8 Å². The first-order chi connectivity index (χ1) is 7.63. The molecule has 0 aromatic carbocycles. The Morgan fingerprint density at radius 1 is 1.62 bits per heavy atom. The Labute approximate surface area is 99.3 Å². The average Bonchev–Trinajstić information content (AvgIpc) is 2.13. The van der Waals surface area contributed by atoms with Crippen LogP contribution in [0.25, 0.3) is 0 Å². The van der Waals surface area contributed by atoms with Gasteiger partial charge in [-0.3, -0.25) is 0 Å². The highest BCUT2D eigenvalue weighted by Crippen LogP contribution is 2.35. The summed E-state index contributed by atoms with van der Waals surface area (Å²) in [4.78, 5) is 3.97. The predicted molar refractivity (Wildman–Crippen MR) is 64.4 cm³/mol. The fraction of sp³-hybridized carbons (Fsp3) is 0.455. The number of hydrogen-bond acceptors (Lipinski definition) is 4. The van der Waals surface area contributed by atoms with Gasteiger partial charge in [-0.15, -0.1) is 0 Å². The molecule has 4 nitrogen and oxygen atoms in total. The number of rotatable bonds is 3. The molecule has 1 aromatic heterocycles. The van der Waals surface area contributed by atoms with Crippen LogP contribution in [0.15, 0.2) is 6.07 Å². The second kappa shape index (κ2) is 4.29. The zero-order chi connectivity index (χ0) is 11.7. The predicted octanol–water partition coefficient (Wildman–Crippen LogP) is 2.49. The van der Waals surface area contributed by atoms with E-state index in [1.54, 1.807) is 13.2 Å². The maximum atomic E-state index is 8.10. The lowest BCUT2D eigenvalue weighted by Gasteiger charge is -2.27. The second-order valence-electron chi connectivity index (χ2n) is 3.95. The molecule has 2 rings (SSSR count). The summed E-state index contributed by atoms with van der Waals surface area (Å²) < 4.78 is 5.20. The Morgan fingerprint density at radius 2 is 2.31 bits per heavy atom. The summed E-state index contributed by atoms with van der Waals surface area (Å²) in [5.74, 6) is 1.11. The zero-order valence-corrected chi connectivity index (χ0v) is 9.84. The number of methoxy groups -OCH3 is 1. The van der Waals surface area contributed by atoms with Crippen molar-refractivity contribution in [1.29, 1.82) is 5.41 Å². The number of anilines is 1. The van der Waals surface area contributed by atoms with Crippen molar-refractivity contribution < 1.29 is 4.74 Å². The maximum absolute atomic E-state index is 8.10. The quantitative estimate of drug-likeness (QED) is 0.629. The van der Waals surface area contributed by atoms with E-state index in [1.165, 1.54) is 6.42 Å². The fourth-order valence-corrected chi connectivity index (χ4v) is 2.03. The molecule has 0 atom stereocenters. The molecular formula is C11H14ClN3O. The molecule has 16 heavy (non-hydrogen) atoms. The third kappa shape index (κ3) is 1.85. The molecule has 0 saturated heterocycles. The van der Waals surface area contributed by atoms with Gasteiger partial charge in [-0.2, -0.15) is 0 Å². The molecule has 1 aliphatic carbocycles. The minimum atomic E-state index is 0.279. The number of nitrogen functional groups attached to an aromatic ring is 1. The highest BCUT2D eigenvalue weighted by molar-refractivity contribution is 6.30. The molecule has 5 heteroatoms. The van der Waals surface area contributed by atoms with Crippen LogP contribution in [-0.2, 0) is 0 Å². The summed E-state index contributed by atoms with van der Waals surface area (Å²) in [5.41, 5.74) is 6.91. The van der Waals surface area contributed by atoms with Crippen LogP contribution in [0.5, 0.6) is 5.75 Å². The van der Waals surface area contributed by atoms with E-state index in [2.05, 4.69) is 4.98 Å². The maximum Gasteiger partial charge on any atom is 0.138 e. The van der Waals surface area contributed by atoms with E-state index in [-0.39, 0.29) is 5.82 Å². The van der Waals surface area contributed by atoms with Crippen molar-refractivity contribution in [2.24, 2.45) is 5.92 Å². The monoisotopic (exact) mass is 239 g/mol. The zero-order valence-electron chi connectivity index (χ0n) is 9.09. The van der Waals surface area contributed by atoms with Gasteiger partial charge in [0.2, 0.25) is 0 Å². The minimum Gasteiger partial charge on any atom is -0.496 e. The van der Waals surface area contributed by atoms with E-state index >= 15 is 0 Å². The summed E-state index contributed by atoms with van der Waals surface area (Å²) >= 11 is 5.79. The number of hydrogen-bond donors (Lipinski definition) is 2. The molecule has 1 fully saturated rings. The lowest BCUT2D eigenvalue weighted by molar-refractivity contribution is 0.401. The van der Waals surface area contributed by atoms with Gasteiger partial charge in [-0.1, -0.05) is 18.0 Å². The molecule has 1 aliphatic rings. The van der Waals surface area contributed by atoms with Crippen molar-refractivity contribution in [2.75, 3.05) is 12.8 Å². The molecule has 0 bridgehead atoms. The fourth-order valence-electron chi connectivity index (χ4n) is 1.84. The van der Waals surface area contributed by atoms with Crippen molar-refractivity contribution in [3.05, 3.63) is 16.8 Å². The van der Waals surface area contributed by atoms with Crippen LogP contribution in [0.1, 0.15) is 24.8 Å². The molecular weight excluding hydrogens is 226 g/mol. The first kappa shape index (κ1) is 11.2. The van der Waals surface area contributed by atoms with Gasteiger partial charge in [0.05, 0.1) is 12.7 Å². The summed E-state index contributed by atoms with van der Waals surface area (Å²) in [6.45, 7) is 0. The van der Waals surface area contributed by atoms with Gasteiger partial charge in [-0.05, 0) is 12.8 Å². The Kier molecular flexibility index (Phi) is 3.01. The third-order valence-electron chi connectivity index (χ3n) is 2.98. The molecule has 1 heterocycles. The molecule has 0 unspecified atom stereocenters. The minimum absolute atomic E-state index is 0.279. The number of nitrogens with two attached hydrogens (primary N) is 1. The van der Waals surface area contributed by atoms with E-state index in [4.69, 9.17) is 27.5 Å². The smallest absolute Gasteiger partial charge is 0.138 e. The standard InChI is InChI=1S/C11H14ClN3O/c1-16-7-5-8(12)15-11(14)9(7)10(13)6-3-2-4-6/h5-6,13H,2-4H2,1H3,(H2,14,15). The van der Waals surface area contributed by atoms with E-state index in [9.17, 15) is 0 Å². The molecule has 0 spiro atoms. The van der Waals surface area contributed by atoms with E-state index < -0.39 is 0 Å². The van der Waals surface area contributed by atoms with Crippen molar-refractivity contribution in [3.8, 4) is 5.75 Å². The first-order valence-corrected chi connectivity index (χ1v) is 5.60. The SMILES string of the molecule is COc1cc(Cl)nc(N)c1C(=N)C1CCC1. The van der Waals surface area contributed by atoms with Crippen molar-refractivity contribution in [3.63, 3.8) is 0 Å². The average molecular weight is 240 g/mol. The molecule has 86 valence electrons. The number of pyridine rings is 1. The van der Waals surface area contributed by atoms with Gasteiger partial charge in [0, 0.05) is 17.7 Å². The molecule has 1 saturated carbocycles. The largest absolute Gasteiger partial charge is 0.496 e. The normalized spacial score (nSPS) is 15.6. The van der Waals surface area contributed by atoms with E-state index in [0.29, 0.717) is 28.1 Å². The number of nitrogens with one attached hydrogen (secondary N) is 1. The van der Waals surface area contributed by atoms with Gasteiger partial charge in [-0.25, -0.2) is 4.98 Å². The second-order valence-corrected chi connectivity index (χ2v) is 4.34. The molecule has 0 radical (unpaired) electrons. The Balaban J connectivity index is 2.41. The number of halogens is 1. The third-order valence-corrected chi connectivity index (χ3v) is 3.18. The highest BCUT2D eigenvalue weighted by Gasteiger charge is 2.27. The topological polar surface area (TPSA) is 72.0 Å². The summed E-state index contributed by atoms with van der Waals surface area (Å²) in [6, 6.07) is 1.60. The number of nitrogens with zero attached hydrogens (tertiary/aromatic N) is 1. The van der Waals surface area contributed by atoms with Crippen LogP contribution in [0, 0.1) is 11.3 Å². The summed E-state index contributed by atoms with van der Waals surface area (Å²) in [6.07, 6.45) is 3.27. The Hall–Kier alpha value is -1.29.